The average molecular weight is 363 g/mol. The van der Waals surface area contributed by atoms with Crippen molar-refractivity contribution in [1.82, 2.24) is 0 Å². The Morgan fingerprint density at radius 3 is 2.04 bits per heavy atom. The summed E-state index contributed by atoms with van der Waals surface area (Å²) in [6, 6.07) is 32.4. The largest absolute Gasteiger partial charge is 0.0840 e. The molecule has 0 N–H and O–H groups in total. The van der Waals surface area contributed by atoms with Gasteiger partial charge >= 0.3 is 0 Å². The van der Waals surface area contributed by atoms with Gasteiger partial charge in [-0.3, -0.25) is 0 Å². The van der Waals surface area contributed by atoms with Crippen LogP contribution in [-0.2, 0) is 0 Å². The topological polar surface area (TPSA) is 0 Å². The average Bonchev–Trinajstić information content (AvgIpc) is 2.79. The van der Waals surface area contributed by atoms with Crippen molar-refractivity contribution >= 4 is 11.6 Å². The minimum absolute atomic E-state index is 0.317. The van der Waals surface area contributed by atoms with Crippen LogP contribution in [0.5, 0.6) is 0 Å². The predicted octanol–water partition coefficient (Wildman–Crippen LogP) is 7.68. The fourth-order valence-corrected chi connectivity index (χ4v) is 3.89. The number of benzene rings is 3. The van der Waals surface area contributed by atoms with Gasteiger partial charge in [0.25, 0.3) is 0 Å². The Morgan fingerprint density at radius 1 is 0.750 bits per heavy atom. The highest BCUT2D eigenvalue weighted by Crippen LogP contribution is 2.39. The fraction of sp³-hybridized carbons (Fsp3) is 0.143. The summed E-state index contributed by atoms with van der Waals surface area (Å²) in [7, 11) is 0. The first-order valence-corrected chi connectivity index (χ1v) is 10.1. The van der Waals surface area contributed by atoms with Crippen LogP contribution < -0.4 is 0 Å². The molecule has 0 spiro atoms. The third-order valence-electron chi connectivity index (χ3n) is 5.32. The van der Waals surface area contributed by atoms with Crippen molar-refractivity contribution < 1.29 is 0 Å². The van der Waals surface area contributed by atoms with Crippen LogP contribution in [-0.4, -0.2) is 0 Å². The van der Waals surface area contributed by atoms with Gasteiger partial charge in [0.2, 0.25) is 0 Å². The summed E-state index contributed by atoms with van der Waals surface area (Å²) in [5.41, 5.74) is 6.72. The van der Waals surface area contributed by atoms with Crippen LogP contribution in [0.2, 0.25) is 0 Å². The summed E-state index contributed by atoms with van der Waals surface area (Å²) in [5.74, 6) is 0.317. The molecule has 28 heavy (non-hydrogen) atoms. The van der Waals surface area contributed by atoms with E-state index < -0.39 is 0 Å². The van der Waals surface area contributed by atoms with Crippen LogP contribution in [0.25, 0.3) is 11.6 Å². The van der Waals surface area contributed by atoms with E-state index in [0.717, 1.165) is 19.3 Å². The van der Waals surface area contributed by atoms with Gasteiger partial charge in [-0.05, 0) is 41.5 Å². The summed E-state index contributed by atoms with van der Waals surface area (Å²) in [6.07, 6.45) is 12.7. The van der Waals surface area contributed by atoms with E-state index in [4.69, 9.17) is 0 Å². The molecule has 1 aliphatic carbocycles. The molecule has 1 unspecified atom stereocenters. The Hall–Kier alpha value is -3.12. The molecule has 0 aliphatic heterocycles. The molecule has 1 atom stereocenters. The van der Waals surface area contributed by atoms with Gasteiger partial charge in [0.15, 0.2) is 0 Å². The van der Waals surface area contributed by atoms with Crippen molar-refractivity contribution in [3.63, 3.8) is 0 Å². The van der Waals surface area contributed by atoms with Gasteiger partial charge in [-0.25, -0.2) is 0 Å². The van der Waals surface area contributed by atoms with E-state index in [1.807, 2.05) is 0 Å². The van der Waals surface area contributed by atoms with Crippen molar-refractivity contribution in [3.05, 3.63) is 131 Å². The zero-order valence-electron chi connectivity index (χ0n) is 16.2. The third-order valence-corrected chi connectivity index (χ3v) is 5.32. The monoisotopic (exact) mass is 362 g/mol. The van der Waals surface area contributed by atoms with E-state index >= 15 is 0 Å². The lowest BCUT2D eigenvalue weighted by atomic mass is 9.80. The Kier molecular flexibility index (Phi) is 5.99. The normalized spacial score (nSPS) is 15.1. The van der Waals surface area contributed by atoms with E-state index in [2.05, 4.69) is 115 Å². The molecular formula is C28H26. The highest BCUT2D eigenvalue weighted by molar-refractivity contribution is 5.85. The lowest BCUT2D eigenvalue weighted by Crippen LogP contribution is -2.05. The van der Waals surface area contributed by atoms with Gasteiger partial charge in [-0.1, -0.05) is 121 Å². The van der Waals surface area contributed by atoms with Gasteiger partial charge < -0.3 is 0 Å². The Bertz CT molecular complexity index is 960. The Labute approximate surface area is 168 Å². The second-order valence-corrected chi connectivity index (χ2v) is 7.30. The Morgan fingerprint density at radius 2 is 1.39 bits per heavy atom. The van der Waals surface area contributed by atoms with E-state index in [1.165, 1.54) is 27.8 Å². The van der Waals surface area contributed by atoms with Gasteiger partial charge in [-0.15, -0.1) is 0 Å². The number of allylic oxidation sites excluding steroid dienone is 5. The summed E-state index contributed by atoms with van der Waals surface area (Å²) in [4.78, 5) is 0. The molecule has 0 heteroatoms. The van der Waals surface area contributed by atoms with E-state index in [0.29, 0.717) is 5.92 Å². The maximum Gasteiger partial charge on any atom is 0.0136 e. The summed E-state index contributed by atoms with van der Waals surface area (Å²) in [5, 5.41) is 0. The standard InChI is InChI=1S/C28H26/c1-5-13-23(14-6-1)21-27(25-17-9-3-10-18-25)28(26-19-11-4-12-20-26)22-24-15-7-2-8-16-24/h1,3-7,9-21,28H,2,8,22H2/b27-21+. The molecule has 0 fully saturated rings. The van der Waals surface area contributed by atoms with E-state index in [-0.39, 0.29) is 0 Å². The molecule has 138 valence electrons. The molecule has 0 saturated heterocycles. The zero-order valence-corrected chi connectivity index (χ0v) is 16.2. The molecule has 0 aromatic heterocycles. The van der Waals surface area contributed by atoms with Crippen LogP contribution in [0.1, 0.15) is 41.9 Å². The van der Waals surface area contributed by atoms with Gasteiger partial charge in [0.05, 0.1) is 0 Å². The van der Waals surface area contributed by atoms with Crippen molar-refractivity contribution in [2.24, 2.45) is 0 Å². The smallest absolute Gasteiger partial charge is 0.0136 e. The minimum Gasteiger partial charge on any atom is -0.0840 e. The lowest BCUT2D eigenvalue weighted by molar-refractivity contribution is 0.842. The lowest BCUT2D eigenvalue weighted by Gasteiger charge is -2.23. The molecule has 4 rings (SSSR count). The Balaban J connectivity index is 1.82. The number of hydrogen-bond donors (Lipinski definition) is 0. The SMILES string of the molecule is C1=CC(CC(/C(=C/c2ccccc2)c2ccccc2)c2ccccc2)=CCC1. The maximum absolute atomic E-state index is 2.40. The van der Waals surface area contributed by atoms with Gasteiger partial charge in [-0.2, -0.15) is 0 Å². The summed E-state index contributed by atoms with van der Waals surface area (Å²) >= 11 is 0. The van der Waals surface area contributed by atoms with E-state index in [9.17, 15) is 0 Å². The highest BCUT2D eigenvalue weighted by Gasteiger charge is 2.20. The van der Waals surface area contributed by atoms with E-state index in [1.54, 1.807) is 0 Å². The van der Waals surface area contributed by atoms with Gasteiger partial charge in [0, 0.05) is 5.92 Å². The number of hydrogen-bond acceptors (Lipinski definition) is 0. The first-order valence-electron chi connectivity index (χ1n) is 10.1. The molecule has 0 saturated carbocycles. The number of rotatable bonds is 6. The van der Waals surface area contributed by atoms with Crippen LogP contribution >= 0.6 is 0 Å². The molecule has 0 nitrogen and oxygen atoms in total. The quantitative estimate of drug-likeness (QED) is 0.394. The van der Waals surface area contributed by atoms with Crippen molar-refractivity contribution in [2.75, 3.05) is 0 Å². The van der Waals surface area contributed by atoms with Crippen molar-refractivity contribution in [2.45, 2.75) is 25.2 Å². The first-order chi connectivity index (χ1) is 13.9. The highest BCUT2D eigenvalue weighted by atomic mass is 14.2. The van der Waals surface area contributed by atoms with Crippen LogP contribution in [0.3, 0.4) is 0 Å². The minimum atomic E-state index is 0.317. The fourth-order valence-electron chi connectivity index (χ4n) is 3.89. The van der Waals surface area contributed by atoms with Gasteiger partial charge in [0.1, 0.15) is 0 Å². The molecule has 3 aromatic carbocycles. The molecule has 1 aliphatic rings. The second kappa shape index (κ2) is 9.19. The molecule has 3 aromatic rings. The van der Waals surface area contributed by atoms with Crippen LogP contribution in [0.15, 0.2) is 115 Å². The van der Waals surface area contributed by atoms with Crippen molar-refractivity contribution in [3.8, 4) is 0 Å². The predicted molar refractivity (Wildman–Crippen MR) is 121 cm³/mol. The second-order valence-electron chi connectivity index (χ2n) is 7.30. The molecule has 0 heterocycles. The summed E-state index contributed by atoms with van der Waals surface area (Å²) < 4.78 is 0. The zero-order chi connectivity index (χ0) is 19.0. The first kappa shape index (κ1) is 18.3. The summed E-state index contributed by atoms with van der Waals surface area (Å²) in [6.45, 7) is 0. The third kappa shape index (κ3) is 4.58. The molecule has 0 amide bonds. The molecular weight excluding hydrogens is 336 g/mol. The molecule has 0 radical (unpaired) electrons. The van der Waals surface area contributed by atoms with Crippen LogP contribution in [0.4, 0.5) is 0 Å². The molecule has 0 bridgehead atoms. The van der Waals surface area contributed by atoms with Crippen molar-refractivity contribution in [1.29, 1.82) is 0 Å². The maximum atomic E-state index is 2.40. The van der Waals surface area contributed by atoms with Crippen LogP contribution in [0, 0.1) is 0 Å².